The first-order chi connectivity index (χ1) is 28.7. The van der Waals surface area contributed by atoms with Crippen LogP contribution < -0.4 is 0 Å². The summed E-state index contributed by atoms with van der Waals surface area (Å²) in [7, 11) is 0. The first-order valence-electron chi connectivity index (χ1n) is 18.8. The van der Waals surface area contributed by atoms with E-state index in [0.29, 0.717) is 29.0 Å². The molecule has 4 aromatic heterocycles. The fourth-order valence-corrected chi connectivity index (χ4v) is 8.77. The molecule has 0 aliphatic heterocycles. The lowest BCUT2D eigenvalue weighted by molar-refractivity contribution is 0.669. The predicted octanol–water partition coefficient (Wildman–Crippen LogP) is 13.5. The Labute approximate surface area is 336 Å². The van der Waals surface area contributed by atoms with Crippen LogP contribution in [-0.4, -0.2) is 24.9 Å². The van der Waals surface area contributed by atoms with Crippen molar-refractivity contribution in [2.75, 3.05) is 0 Å². The summed E-state index contributed by atoms with van der Waals surface area (Å²) < 4.78 is 8.73. The molecule has 0 unspecified atom stereocenters. The summed E-state index contributed by atoms with van der Waals surface area (Å²) in [6.45, 7) is 7.65. The Kier molecular flexibility index (Phi) is 7.91. The van der Waals surface area contributed by atoms with Gasteiger partial charge in [-0.15, -0.1) is 11.3 Å². The molecule has 58 heavy (non-hydrogen) atoms. The number of furan rings is 1. The average molecular weight is 761 g/mol. The lowest BCUT2D eigenvalue weighted by atomic mass is 10.0. The van der Waals surface area contributed by atoms with Gasteiger partial charge in [0.25, 0.3) is 0 Å². The molecule has 0 amide bonds. The van der Waals surface area contributed by atoms with Crippen molar-refractivity contribution in [2.45, 2.75) is 0 Å². The first-order valence-corrected chi connectivity index (χ1v) is 19.6. The zero-order chi connectivity index (χ0) is 38.6. The van der Waals surface area contributed by atoms with E-state index >= 15 is 0 Å². The lowest BCUT2D eigenvalue weighted by Gasteiger charge is -2.10. The molecule has 7 nitrogen and oxygen atoms in total. The fourth-order valence-electron chi connectivity index (χ4n) is 7.62. The lowest BCUT2D eigenvalue weighted by Crippen LogP contribution is -2.00. The first kappa shape index (κ1) is 33.5. The molecule has 0 saturated heterocycles. The van der Waals surface area contributed by atoms with Gasteiger partial charge in [-0.1, -0.05) is 140 Å². The monoisotopic (exact) mass is 760 g/mol. The molecule has 7 aromatic carbocycles. The quantitative estimate of drug-likeness (QED) is 0.157. The van der Waals surface area contributed by atoms with Gasteiger partial charge in [0.15, 0.2) is 29.0 Å². The molecule has 0 radical (unpaired) electrons. The number of para-hydroxylation sites is 1. The SMILES string of the molecule is [C-]#[N+]c1ccccc1-c1ccc(-c2nc(-c3ccccc3)nc(-c3cccc4oc5ccc(-c6nc(-c7ccccc7)c7sc8ccccc8c7n6)cc5c34)n2)cc1. The minimum Gasteiger partial charge on any atom is -0.456 e. The zero-order valence-corrected chi connectivity index (χ0v) is 31.5. The molecule has 0 atom stereocenters. The van der Waals surface area contributed by atoms with Gasteiger partial charge in [0.2, 0.25) is 0 Å². The van der Waals surface area contributed by atoms with Crippen LogP contribution in [0.3, 0.4) is 0 Å². The Morgan fingerprint density at radius 3 is 1.86 bits per heavy atom. The Hall–Kier alpha value is -7.86. The minimum atomic E-state index is 0.527. The van der Waals surface area contributed by atoms with E-state index in [1.54, 1.807) is 11.3 Å². The third-order valence-electron chi connectivity index (χ3n) is 10.4. The van der Waals surface area contributed by atoms with Crippen LogP contribution >= 0.6 is 11.3 Å². The van der Waals surface area contributed by atoms with Gasteiger partial charge in [0.05, 0.1) is 22.5 Å². The van der Waals surface area contributed by atoms with E-state index in [1.165, 1.54) is 4.70 Å². The Morgan fingerprint density at radius 2 is 1.07 bits per heavy atom. The normalized spacial score (nSPS) is 11.4. The molecule has 11 aromatic rings. The zero-order valence-electron chi connectivity index (χ0n) is 30.7. The Morgan fingerprint density at radius 1 is 0.448 bits per heavy atom. The highest BCUT2D eigenvalue weighted by Crippen LogP contribution is 2.42. The number of nitrogens with zero attached hydrogens (tertiary/aromatic N) is 6. The largest absolute Gasteiger partial charge is 0.456 e. The maximum atomic E-state index is 7.65. The van der Waals surface area contributed by atoms with Crippen molar-refractivity contribution < 1.29 is 4.42 Å². The van der Waals surface area contributed by atoms with E-state index in [9.17, 15) is 0 Å². The van der Waals surface area contributed by atoms with Crippen molar-refractivity contribution in [1.29, 1.82) is 0 Å². The van der Waals surface area contributed by atoms with Crippen molar-refractivity contribution in [1.82, 2.24) is 24.9 Å². The molecule has 0 bridgehead atoms. The number of benzene rings is 7. The molecule has 0 aliphatic carbocycles. The molecule has 11 rings (SSSR count). The number of hydrogen-bond acceptors (Lipinski definition) is 7. The third kappa shape index (κ3) is 5.69. The van der Waals surface area contributed by atoms with Gasteiger partial charge in [-0.05, 0) is 41.5 Å². The number of rotatable bonds is 6. The van der Waals surface area contributed by atoms with Crippen LogP contribution in [0.2, 0.25) is 0 Å². The highest BCUT2D eigenvalue weighted by atomic mass is 32.1. The van der Waals surface area contributed by atoms with Gasteiger partial charge in [-0.3, -0.25) is 0 Å². The van der Waals surface area contributed by atoms with Crippen LogP contribution in [0.25, 0.3) is 115 Å². The summed E-state index contributed by atoms with van der Waals surface area (Å²) in [6.07, 6.45) is 0. The summed E-state index contributed by atoms with van der Waals surface area (Å²) >= 11 is 1.72. The van der Waals surface area contributed by atoms with Crippen LogP contribution in [0, 0.1) is 6.57 Å². The van der Waals surface area contributed by atoms with Gasteiger partial charge < -0.3 is 4.42 Å². The second-order valence-electron chi connectivity index (χ2n) is 13.9. The predicted molar refractivity (Wildman–Crippen MR) is 234 cm³/mol. The summed E-state index contributed by atoms with van der Waals surface area (Å²) in [6, 6.07) is 56.5. The number of thiophene rings is 1. The van der Waals surface area contributed by atoms with Crippen molar-refractivity contribution in [2.24, 2.45) is 0 Å². The fraction of sp³-hybridized carbons (Fsp3) is 0. The molecule has 0 fully saturated rings. The van der Waals surface area contributed by atoms with Crippen molar-refractivity contribution in [3.8, 4) is 67.9 Å². The number of fused-ring (bicyclic) bond motifs is 6. The van der Waals surface area contributed by atoms with Crippen LogP contribution in [0.4, 0.5) is 5.69 Å². The van der Waals surface area contributed by atoms with Crippen LogP contribution in [0.15, 0.2) is 174 Å². The van der Waals surface area contributed by atoms with Crippen LogP contribution in [0.1, 0.15) is 0 Å². The van der Waals surface area contributed by atoms with Crippen molar-refractivity contribution >= 4 is 59.3 Å². The molecule has 0 aliphatic rings. The van der Waals surface area contributed by atoms with E-state index in [0.717, 1.165) is 82.2 Å². The second kappa shape index (κ2) is 13.7. The van der Waals surface area contributed by atoms with Gasteiger partial charge in [0.1, 0.15) is 11.2 Å². The van der Waals surface area contributed by atoms with E-state index in [2.05, 4.69) is 47.3 Å². The maximum absolute atomic E-state index is 7.65. The van der Waals surface area contributed by atoms with Gasteiger partial charge >= 0.3 is 0 Å². The maximum Gasteiger partial charge on any atom is 0.194 e. The van der Waals surface area contributed by atoms with E-state index in [-0.39, 0.29) is 0 Å². The summed E-state index contributed by atoms with van der Waals surface area (Å²) in [5.74, 6) is 2.27. The number of hydrogen-bond donors (Lipinski definition) is 0. The molecule has 0 saturated carbocycles. The van der Waals surface area contributed by atoms with Crippen molar-refractivity contribution in [3.05, 3.63) is 181 Å². The average Bonchev–Trinajstić information content (AvgIpc) is 3.87. The molecule has 0 spiro atoms. The van der Waals surface area contributed by atoms with Gasteiger partial charge in [-0.25, -0.2) is 29.8 Å². The standard InChI is InChI=1S/C50H28N6OS/c1-51-39-20-10-8-17-35(39)30-23-25-33(26-24-30)48-54-47(32-15-6-3-7-16-32)55-50(56-48)37-19-12-21-41-43(37)38-29-34(27-28-40(38)57-41)49-52-44(31-13-4-2-5-14-31)46-45(53-49)36-18-9-11-22-42(36)58-46/h2-29H. The van der Waals surface area contributed by atoms with Crippen molar-refractivity contribution in [3.63, 3.8) is 0 Å². The Balaban J connectivity index is 1.09. The molecular formula is C50H28N6OS. The highest BCUT2D eigenvalue weighted by Gasteiger charge is 2.21. The Bertz CT molecular complexity index is 3410. The second-order valence-corrected chi connectivity index (χ2v) is 15.0. The summed E-state index contributed by atoms with van der Waals surface area (Å²) in [5, 5.41) is 2.92. The molecule has 4 heterocycles. The summed E-state index contributed by atoms with van der Waals surface area (Å²) in [5.41, 5.74) is 10.2. The smallest absolute Gasteiger partial charge is 0.194 e. The topological polar surface area (TPSA) is 82.0 Å². The third-order valence-corrected chi connectivity index (χ3v) is 11.6. The van der Waals surface area contributed by atoms with E-state index < -0.39 is 0 Å². The molecular weight excluding hydrogens is 733 g/mol. The minimum absolute atomic E-state index is 0.527. The van der Waals surface area contributed by atoms with Gasteiger partial charge in [-0.2, -0.15) is 0 Å². The van der Waals surface area contributed by atoms with Crippen LogP contribution in [-0.2, 0) is 0 Å². The molecule has 0 N–H and O–H groups in total. The number of aromatic nitrogens is 5. The molecule has 270 valence electrons. The highest BCUT2D eigenvalue weighted by molar-refractivity contribution is 7.26. The van der Waals surface area contributed by atoms with Crippen LogP contribution in [0.5, 0.6) is 0 Å². The summed E-state index contributed by atoms with van der Waals surface area (Å²) in [4.78, 5) is 29.4. The van der Waals surface area contributed by atoms with E-state index in [4.69, 9.17) is 35.9 Å². The van der Waals surface area contributed by atoms with Gasteiger partial charge in [0, 0.05) is 48.7 Å². The van der Waals surface area contributed by atoms with E-state index in [1.807, 2.05) is 127 Å². The molecule has 8 heteroatoms.